The highest BCUT2D eigenvalue weighted by Crippen LogP contribution is 2.24. The summed E-state index contributed by atoms with van der Waals surface area (Å²) < 4.78 is 6.73. The zero-order valence-corrected chi connectivity index (χ0v) is 10.2. The van der Waals surface area contributed by atoms with Gasteiger partial charge in [-0.1, -0.05) is 15.9 Å². The summed E-state index contributed by atoms with van der Waals surface area (Å²) in [5, 5.41) is 9.39. The third-order valence-electron chi connectivity index (χ3n) is 1.45. The predicted molar refractivity (Wildman–Crippen MR) is 58.8 cm³/mol. The van der Waals surface area contributed by atoms with E-state index < -0.39 is 6.29 Å². The van der Waals surface area contributed by atoms with Gasteiger partial charge in [-0.15, -0.1) is 0 Å². The van der Waals surface area contributed by atoms with Crippen molar-refractivity contribution in [1.29, 1.82) is 0 Å². The van der Waals surface area contributed by atoms with Crippen molar-refractivity contribution in [2.45, 2.75) is 6.29 Å². The fourth-order valence-electron chi connectivity index (χ4n) is 0.831. The van der Waals surface area contributed by atoms with E-state index in [1.807, 2.05) is 18.2 Å². The third-order valence-corrected chi connectivity index (χ3v) is 2.92. The Balaban J connectivity index is 3.04. The van der Waals surface area contributed by atoms with Crippen LogP contribution in [-0.2, 0) is 4.74 Å². The van der Waals surface area contributed by atoms with Gasteiger partial charge in [0.05, 0.1) is 0 Å². The van der Waals surface area contributed by atoms with Gasteiger partial charge < -0.3 is 9.84 Å². The molecule has 0 aliphatic carbocycles. The van der Waals surface area contributed by atoms with Crippen LogP contribution in [0.3, 0.4) is 0 Å². The molecule has 1 rings (SSSR count). The molecule has 12 heavy (non-hydrogen) atoms. The molecule has 0 heterocycles. The molecule has 1 aromatic rings. The minimum absolute atomic E-state index is 0.785. The number of rotatable bonds is 2. The Morgan fingerprint density at radius 3 is 2.83 bits per heavy atom. The van der Waals surface area contributed by atoms with E-state index in [0.717, 1.165) is 13.6 Å². The maximum atomic E-state index is 9.39. The molecule has 0 bridgehead atoms. The predicted octanol–water partition coefficient (Wildman–Crippen LogP) is 2.69. The molecule has 0 saturated heterocycles. The number of aliphatic hydroxyl groups excluding tert-OH is 1. The van der Waals surface area contributed by atoms with Gasteiger partial charge in [0.1, 0.15) is 0 Å². The van der Waals surface area contributed by atoms with Gasteiger partial charge in [-0.05, 0) is 40.8 Å². The highest BCUT2D eigenvalue weighted by atomic mass is 127. The van der Waals surface area contributed by atoms with Gasteiger partial charge in [-0.2, -0.15) is 0 Å². The Bertz CT molecular complexity index is 278. The van der Waals surface area contributed by atoms with E-state index in [0.29, 0.717) is 0 Å². The van der Waals surface area contributed by atoms with Gasteiger partial charge in [0, 0.05) is 20.7 Å². The molecule has 1 atom stereocenters. The van der Waals surface area contributed by atoms with E-state index in [4.69, 9.17) is 4.74 Å². The van der Waals surface area contributed by atoms with Gasteiger partial charge in [-0.25, -0.2) is 0 Å². The van der Waals surface area contributed by atoms with E-state index >= 15 is 0 Å². The molecule has 0 fully saturated rings. The molecular formula is C8H8BrIO2. The summed E-state index contributed by atoms with van der Waals surface area (Å²) in [5.74, 6) is 0. The summed E-state index contributed by atoms with van der Waals surface area (Å²) >= 11 is 5.48. The van der Waals surface area contributed by atoms with Crippen molar-refractivity contribution < 1.29 is 9.84 Å². The largest absolute Gasteiger partial charge is 0.364 e. The number of ether oxygens (including phenoxy) is 1. The zero-order chi connectivity index (χ0) is 9.14. The molecule has 0 spiro atoms. The first kappa shape index (κ1) is 10.4. The summed E-state index contributed by atoms with van der Waals surface area (Å²) in [6, 6.07) is 5.69. The van der Waals surface area contributed by atoms with Crippen molar-refractivity contribution in [3.63, 3.8) is 0 Å². The van der Waals surface area contributed by atoms with Crippen LogP contribution >= 0.6 is 38.5 Å². The van der Waals surface area contributed by atoms with Gasteiger partial charge in [0.15, 0.2) is 6.29 Å². The van der Waals surface area contributed by atoms with E-state index in [-0.39, 0.29) is 0 Å². The SMILES string of the molecule is COC(O)c1cc(Br)ccc1I. The molecule has 0 saturated carbocycles. The smallest absolute Gasteiger partial charge is 0.181 e. The van der Waals surface area contributed by atoms with Crippen LogP contribution in [0.25, 0.3) is 0 Å². The van der Waals surface area contributed by atoms with Crippen LogP contribution in [0, 0.1) is 3.57 Å². The second kappa shape index (κ2) is 4.55. The fourth-order valence-corrected chi connectivity index (χ4v) is 1.81. The molecule has 0 aliphatic heterocycles. The van der Waals surface area contributed by atoms with E-state index in [1.54, 1.807) is 0 Å². The maximum absolute atomic E-state index is 9.39. The summed E-state index contributed by atoms with van der Waals surface area (Å²) in [6.07, 6.45) is -0.839. The van der Waals surface area contributed by atoms with Crippen LogP contribution in [0.5, 0.6) is 0 Å². The van der Waals surface area contributed by atoms with Crippen molar-refractivity contribution in [1.82, 2.24) is 0 Å². The summed E-state index contributed by atoms with van der Waals surface area (Å²) in [6.45, 7) is 0. The third kappa shape index (κ3) is 2.42. The molecule has 0 aliphatic rings. The minimum atomic E-state index is -0.839. The lowest BCUT2D eigenvalue weighted by Gasteiger charge is -2.10. The van der Waals surface area contributed by atoms with Crippen molar-refractivity contribution in [3.8, 4) is 0 Å². The lowest BCUT2D eigenvalue weighted by atomic mass is 10.2. The molecule has 4 heteroatoms. The second-order valence-corrected chi connectivity index (χ2v) is 4.33. The van der Waals surface area contributed by atoms with Crippen molar-refractivity contribution >= 4 is 38.5 Å². The Hall–Kier alpha value is 0.350. The van der Waals surface area contributed by atoms with Crippen LogP contribution in [0.15, 0.2) is 22.7 Å². The number of aliphatic hydroxyl groups is 1. The molecule has 0 amide bonds. The Kier molecular flexibility index (Phi) is 3.95. The van der Waals surface area contributed by atoms with Crippen LogP contribution < -0.4 is 0 Å². The van der Waals surface area contributed by atoms with Crippen molar-refractivity contribution in [2.24, 2.45) is 0 Å². The van der Waals surface area contributed by atoms with Gasteiger partial charge in [0.2, 0.25) is 0 Å². The van der Waals surface area contributed by atoms with E-state index in [9.17, 15) is 5.11 Å². The molecule has 66 valence electrons. The Morgan fingerprint density at radius 2 is 2.25 bits per heavy atom. The number of hydrogen-bond donors (Lipinski definition) is 1. The van der Waals surface area contributed by atoms with Crippen molar-refractivity contribution in [3.05, 3.63) is 31.8 Å². The zero-order valence-electron chi connectivity index (χ0n) is 6.42. The minimum Gasteiger partial charge on any atom is -0.364 e. The monoisotopic (exact) mass is 342 g/mol. The fraction of sp³-hybridized carbons (Fsp3) is 0.250. The number of benzene rings is 1. The lowest BCUT2D eigenvalue weighted by molar-refractivity contribution is -0.0775. The second-order valence-electron chi connectivity index (χ2n) is 2.25. The first-order valence-corrected chi connectivity index (χ1v) is 5.18. The van der Waals surface area contributed by atoms with Crippen LogP contribution in [0.1, 0.15) is 11.9 Å². The van der Waals surface area contributed by atoms with E-state index in [2.05, 4.69) is 38.5 Å². The van der Waals surface area contributed by atoms with Crippen molar-refractivity contribution in [2.75, 3.05) is 7.11 Å². The summed E-state index contributed by atoms with van der Waals surface area (Å²) in [4.78, 5) is 0. The Labute approximate surface area is 93.2 Å². The topological polar surface area (TPSA) is 29.5 Å². The highest BCUT2D eigenvalue weighted by molar-refractivity contribution is 14.1. The van der Waals surface area contributed by atoms with Gasteiger partial charge in [-0.3, -0.25) is 0 Å². The molecule has 2 nitrogen and oxygen atoms in total. The molecule has 1 N–H and O–H groups in total. The molecule has 1 unspecified atom stereocenters. The lowest BCUT2D eigenvalue weighted by Crippen LogP contribution is -2.01. The molecular weight excluding hydrogens is 335 g/mol. The molecule has 0 radical (unpaired) electrons. The summed E-state index contributed by atoms with van der Waals surface area (Å²) in [7, 11) is 1.47. The normalized spacial score (nSPS) is 13.0. The standard InChI is InChI=1S/C8H8BrIO2/c1-12-8(11)6-4-5(9)2-3-7(6)10/h2-4,8,11H,1H3. The average molecular weight is 343 g/mol. The maximum Gasteiger partial charge on any atom is 0.181 e. The number of halogens is 2. The highest BCUT2D eigenvalue weighted by Gasteiger charge is 2.09. The quantitative estimate of drug-likeness (QED) is 0.661. The van der Waals surface area contributed by atoms with Crippen LogP contribution in [0.4, 0.5) is 0 Å². The molecule has 0 aromatic heterocycles. The average Bonchev–Trinajstić information content (AvgIpc) is 2.08. The summed E-state index contributed by atoms with van der Waals surface area (Å²) in [5.41, 5.74) is 0.785. The molecule has 1 aromatic carbocycles. The Morgan fingerprint density at radius 1 is 1.58 bits per heavy atom. The van der Waals surface area contributed by atoms with Gasteiger partial charge in [0.25, 0.3) is 0 Å². The van der Waals surface area contributed by atoms with Crippen LogP contribution in [-0.4, -0.2) is 12.2 Å². The van der Waals surface area contributed by atoms with Gasteiger partial charge >= 0.3 is 0 Å². The number of hydrogen-bond acceptors (Lipinski definition) is 2. The first-order chi connectivity index (χ1) is 5.65. The van der Waals surface area contributed by atoms with E-state index in [1.165, 1.54) is 7.11 Å². The first-order valence-electron chi connectivity index (χ1n) is 3.31. The van der Waals surface area contributed by atoms with Crippen LogP contribution in [0.2, 0.25) is 0 Å². The number of methoxy groups -OCH3 is 1.